The van der Waals surface area contributed by atoms with Crippen LogP contribution in [0, 0.1) is 0 Å². The zero-order chi connectivity index (χ0) is 62.7. The van der Waals surface area contributed by atoms with Crippen LogP contribution in [-0.2, 0) is 25.7 Å². The fourth-order valence-electron chi connectivity index (χ4n) is 13.9. The Hall–Kier alpha value is -10.2. The van der Waals surface area contributed by atoms with Crippen molar-refractivity contribution in [3.05, 3.63) is 252 Å². The van der Waals surface area contributed by atoms with Crippen LogP contribution in [0.3, 0.4) is 0 Å². The van der Waals surface area contributed by atoms with Crippen LogP contribution in [0.4, 0.5) is 0 Å². The van der Waals surface area contributed by atoms with Crippen molar-refractivity contribution in [2.24, 2.45) is 4.99 Å². The highest BCUT2D eigenvalue weighted by atomic mass is 16.3. The minimum absolute atomic E-state index is 0.607. The summed E-state index contributed by atoms with van der Waals surface area (Å²) in [6, 6.07) is 77.7. The van der Waals surface area contributed by atoms with Crippen molar-refractivity contribution >= 4 is 83.5 Å². The van der Waals surface area contributed by atoms with E-state index >= 15 is 0 Å². The van der Waals surface area contributed by atoms with Crippen molar-refractivity contribution in [2.75, 3.05) is 0 Å². The smallest absolute Gasteiger partial charge is 0.164 e. The van der Waals surface area contributed by atoms with Gasteiger partial charge in [0.05, 0.1) is 45.0 Å². The topological polar surface area (TPSA) is 74.0 Å². The van der Waals surface area contributed by atoms with E-state index in [-0.39, 0.29) is 0 Å². The molecule has 0 unspecified atom stereocenters. The van der Waals surface area contributed by atoms with E-state index in [1.54, 1.807) is 0 Å². The number of aryl methyl sites for hydroxylation is 4. The fraction of sp³-hybridized carbons (Fsp3) is 0.200. The van der Waals surface area contributed by atoms with E-state index in [2.05, 4.69) is 263 Å². The lowest BCUT2D eigenvalue weighted by atomic mass is 9.96. The molecule has 7 nitrogen and oxygen atoms in total. The molecule has 0 spiro atoms. The average molecular weight is 1200 g/mol. The Bertz CT molecular complexity index is 4900. The quantitative estimate of drug-likeness (QED) is 0.0501. The summed E-state index contributed by atoms with van der Waals surface area (Å²) >= 11 is 0. The highest BCUT2D eigenvalue weighted by Crippen LogP contribution is 2.46. The number of unbranched alkanes of at least 4 members (excludes halogenated alkanes) is 4. The van der Waals surface area contributed by atoms with Crippen LogP contribution < -0.4 is 0 Å². The third-order valence-corrected chi connectivity index (χ3v) is 18.5. The van der Waals surface area contributed by atoms with Gasteiger partial charge in [-0.2, -0.15) is 0 Å². The highest BCUT2D eigenvalue weighted by molar-refractivity contribution is 6.25. The molecule has 92 heavy (non-hydrogen) atoms. The predicted molar refractivity (Wildman–Crippen MR) is 390 cm³/mol. The largest absolute Gasteiger partial charge is 0.455 e. The zero-order valence-corrected chi connectivity index (χ0v) is 53.6. The number of nitrogens with zero attached hydrogens (tertiary/aromatic N) is 6. The van der Waals surface area contributed by atoms with E-state index in [4.69, 9.17) is 24.4 Å². The Balaban J connectivity index is 1.05. The lowest BCUT2D eigenvalue weighted by molar-refractivity contribution is 0.673. The van der Waals surface area contributed by atoms with Gasteiger partial charge in [0.2, 0.25) is 0 Å². The summed E-state index contributed by atoms with van der Waals surface area (Å²) in [5.41, 5.74) is 22.5. The number of rotatable bonds is 22. The molecule has 0 saturated heterocycles. The van der Waals surface area contributed by atoms with Crippen LogP contribution in [0.1, 0.15) is 114 Å². The Kier molecular flexibility index (Phi) is 17.0. The highest BCUT2D eigenvalue weighted by Gasteiger charge is 2.26. The maximum Gasteiger partial charge on any atom is 0.164 e. The summed E-state index contributed by atoms with van der Waals surface area (Å²) in [4.78, 5) is 21.5. The summed E-state index contributed by atoms with van der Waals surface area (Å²) in [6.45, 7) is 15.4. The summed E-state index contributed by atoms with van der Waals surface area (Å²) in [7, 11) is 0. The first-order chi connectivity index (χ1) is 45.3. The van der Waals surface area contributed by atoms with E-state index in [0.29, 0.717) is 17.5 Å². The van der Waals surface area contributed by atoms with Crippen molar-refractivity contribution in [2.45, 2.75) is 112 Å². The third kappa shape index (κ3) is 11.4. The number of aromatic nitrogens is 5. The number of benzene rings is 10. The van der Waals surface area contributed by atoms with Crippen LogP contribution in [-0.4, -0.2) is 30.8 Å². The molecular weight excluding hydrogens is 1120 g/mol. The molecular formula is C85H78N6O. The molecule has 454 valence electrons. The van der Waals surface area contributed by atoms with Gasteiger partial charge in [-0.15, -0.1) is 0 Å². The van der Waals surface area contributed by atoms with Crippen molar-refractivity contribution < 1.29 is 4.42 Å². The van der Waals surface area contributed by atoms with Crippen molar-refractivity contribution in [3.8, 4) is 62.1 Å². The normalized spacial score (nSPS) is 12.2. The second-order valence-corrected chi connectivity index (χ2v) is 24.7. The van der Waals surface area contributed by atoms with Gasteiger partial charge < -0.3 is 13.6 Å². The van der Waals surface area contributed by atoms with Gasteiger partial charge in [0.25, 0.3) is 0 Å². The molecule has 10 aromatic carbocycles. The molecule has 14 aromatic rings. The second-order valence-electron chi connectivity index (χ2n) is 24.7. The molecule has 0 saturated carbocycles. The summed E-state index contributed by atoms with van der Waals surface area (Å²) in [5.74, 6) is 1.96. The number of furan rings is 1. The van der Waals surface area contributed by atoms with Gasteiger partial charge in [-0.1, -0.05) is 181 Å². The van der Waals surface area contributed by atoms with E-state index in [0.717, 1.165) is 193 Å². The lowest BCUT2D eigenvalue weighted by Crippen LogP contribution is -2.06. The summed E-state index contributed by atoms with van der Waals surface area (Å²) in [6.07, 6.45) is 17.1. The lowest BCUT2D eigenvalue weighted by Gasteiger charge is -2.21. The number of hydrogen-bond donors (Lipinski definition) is 0. The zero-order valence-electron chi connectivity index (χ0n) is 53.6. The molecule has 0 aliphatic rings. The molecule has 7 heteroatoms. The van der Waals surface area contributed by atoms with Gasteiger partial charge in [-0.3, -0.25) is 4.99 Å². The summed E-state index contributed by atoms with van der Waals surface area (Å²) < 4.78 is 11.7. The molecule has 0 bridgehead atoms. The molecule has 0 radical (unpaired) electrons. The molecule has 0 fully saturated rings. The first-order valence-electron chi connectivity index (χ1n) is 33.4. The fourth-order valence-corrected chi connectivity index (χ4v) is 13.9. The molecule has 0 aliphatic carbocycles. The van der Waals surface area contributed by atoms with E-state index in [9.17, 15) is 0 Å². The number of aliphatic imine (C=N–C) groups is 1. The maximum absolute atomic E-state index is 6.86. The standard InChI is InChI=1S/C85H78N6O/c1-7-12-26-56-46-57(27-13-8-2)49-65(48-56)84-87-83(88-85(89-84)66-50-58(28-14-9-3)47-59(51-66)29-15-10-4)64-40-44-75(90-76-42-38-62(60-30-18-16-19-31-60)52-72(76)73-53-63(39-43-77(73)90)61-32-20-17-21-33-61)71(54-64)67(11-5)79(55-86-6)91-74-36-24-22-35-70(74)81-78(91)45-41-69-68-34-23-25-37-80(68)92-82(69)81/h11,16-25,30-55H,6-10,12-15,26-29H2,1-5H3/b67-11-,79-55+. The second kappa shape index (κ2) is 26.3. The Morgan fingerprint density at radius 3 is 1.42 bits per heavy atom. The minimum atomic E-state index is 0.607. The Morgan fingerprint density at radius 2 is 0.902 bits per heavy atom. The third-order valence-electron chi connectivity index (χ3n) is 18.5. The molecule has 4 aromatic heterocycles. The van der Waals surface area contributed by atoms with E-state index in [1.165, 1.54) is 33.4 Å². The first-order valence-corrected chi connectivity index (χ1v) is 33.4. The predicted octanol–water partition coefficient (Wildman–Crippen LogP) is 23.3. The number of hydrogen-bond acceptors (Lipinski definition) is 5. The van der Waals surface area contributed by atoms with Crippen LogP contribution in [0.25, 0.3) is 139 Å². The maximum atomic E-state index is 6.86. The average Bonchev–Trinajstić information content (AvgIpc) is 1.58. The molecule has 0 aliphatic heterocycles. The summed E-state index contributed by atoms with van der Waals surface area (Å²) in [5, 5.41) is 6.59. The van der Waals surface area contributed by atoms with Crippen molar-refractivity contribution in [3.63, 3.8) is 0 Å². The molecule has 0 atom stereocenters. The van der Waals surface area contributed by atoms with Gasteiger partial charge >= 0.3 is 0 Å². The van der Waals surface area contributed by atoms with Gasteiger partial charge in [0.15, 0.2) is 17.5 Å². The van der Waals surface area contributed by atoms with Crippen LogP contribution in [0.15, 0.2) is 234 Å². The van der Waals surface area contributed by atoms with Crippen LogP contribution in [0.2, 0.25) is 0 Å². The van der Waals surface area contributed by atoms with Gasteiger partial charge in [-0.05, 0) is 201 Å². The minimum Gasteiger partial charge on any atom is -0.455 e. The number of allylic oxidation sites excluding steroid dienone is 3. The van der Waals surface area contributed by atoms with E-state index < -0.39 is 0 Å². The first kappa shape index (κ1) is 59.4. The van der Waals surface area contributed by atoms with Crippen molar-refractivity contribution in [1.29, 1.82) is 0 Å². The molecule has 0 amide bonds. The van der Waals surface area contributed by atoms with Gasteiger partial charge in [0, 0.05) is 54.8 Å². The molecule has 0 N–H and O–H groups in total. The SMILES string of the molecule is C=N/C=C(\C(=C/C)c1cc(-c2nc(-c3cc(CCCC)cc(CCCC)c3)nc(-c3cc(CCCC)cc(CCCC)c3)n2)ccc1-n1c2ccc(-c3ccccc3)cc2c2cc(-c3ccccc3)ccc21)n1c2ccccc2c2c3oc4ccccc4c3ccc21. The van der Waals surface area contributed by atoms with Crippen molar-refractivity contribution in [1.82, 2.24) is 24.1 Å². The monoisotopic (exact) mass is 1200 g/mol. The number of para-hydroxylation sites is 2. The van der Waals surface area contributed by atoms with Crippen LogP contribution >= 0.6 is 0 Å². The van der Waals surface area contributed by atoms with Crippen LogP contribution in [0.5, 0.6) is 0 Å². The Labute approximate surface area is 540 Å². The molecule has 14 rings (SSSR count). The van der Waals surface area contributed by atoms with E-state index in [1.807, 2.05) is 12.3 Å². The molecule has 4 heterocycles. The van der Waals surface area contributed by atoms with Gasteiger partial charge in [-0.25, -0.2) is 15.0 Å². The number of fused-ring (bicyclic) bond motifs is 10. The Morgan fingerprint density at radius 1 is 0.424 bits per heavy atom. The van der Waals surface area contributed by atoms with Gasteiger partial charge in [0.1, 0.15) is 11.2 Å².